The lowest BCUT2D eigenvalue weighted by Gasteiger charge is -2.43. The first kappa shape index (κ1) is 19.1. The van der Waals surface area contributed by atoms with Gasteiger partial charge in [0.2, 0.25) is 5.91 Å². The van der Waals surface area contributed by atoms with E-state index in [4.69, 9.17) is 9.84 Å². The summed E-state index contributed by atoms with van der Waals surface area (Å²) in [6.45, 7) is 1.28. The van der Waals surface area contributed by atoms with Crippen molar-refractivity contribution in [2.24, 2.45) is 0 Å². The highest BCUT2D eigenvalue weighted by Crippen LogP contribution is 2.27. The van der Waals surface area contributed by atoms with Crippen LogP contribution in [0.3, 0.4) is 0 Å². The quantitative estimate of drug-likeness (QED) is 0.585. The zero-order chi connectivity index (χ0) is 17.7. The molecule has 9 heteroatoms. The van der Waals surface area contributed by atoms with Crippen molar-refractivity contribution in [2.75, 3.05) is 44.9 Å². The predicted molar refractivity (Wildman–Crippen MR) is 87.5 cm³/mol. The van der Waals surface area contributed by atoms with Gasteiger partial charge in [-0.25, -0.2) is 8.42 Å². The number of carboxylic acid groups (broad SMARTS) is 1. The third-order valence-corrected chi connectivity index (χ3v) is 6.39. The molecule has 0 radical (unpaired) electrons. The number of ether oxygens (including phenoxy) is 1. The molecule has 0 aliphatic carbocycles. The van der Waals surface area contributed by atoms with E-state index >= 15 is 0 Å². The van der Waals surface area contributed by atoms with Crippen molar-refractivity contribution in [2.45, 2.75) is 37.8 Å². The van der Waals surface area contributed by atoms with Gasteiger partial charge in [-0.2, -0.15) is 0 Å². The Morgan fingerprint density at radius 1 is 1.12 bits per heavy atom. The number of hydrogen-bond donors (Lipinski definition) is 1. The minimum atomic E-state index is -3.24. The molecular weight excluding hydrogens is 336 g/mol. The van der Waals surface area contributed by atoms with Crippen LogP contribution in [0.15, 0.2) is 0 Å². The van der Waals surface area contributed by atoms with Crippen LogP contribution in [0.2, 0.25) is 0 Å². The van der Waals surface area contributed by atoms with Crippen molar-refractivity contribution in [3.8, 4) is 0 Å². The fourth-order valence-electron chi connectivity index (χ4n) is 3.55. The summed E-state index contributed by atoms with van der Waals surface area (Å²) in [5, 5.41) is 9.00. The molecule has 2 fully saturated rings. The lowest BCUT2D eigenvalue weighted by atomic mass is 10.0. The number of nitrogens with zero attached hydrogens (tertiary/aromatic N) is 2. The first-order chi connectivity index (χ1) is 11.3. The van der Waals surface area contributed by atoms with Gasteiger partial charge in [-0.1, -0.05) is 6.42 Å². The first-order valence-electron chi connectivity index (χ1n) is 8.29. The summed E-state index contributed by atoms with van der Waals surface area (Å²) in [5.74, 6) is -1.14. The fraction of sp³-hybridized carbons (Fsp3) is 0.867. The molecule has 2 heterocycles. The van der Waals surface area contributed by atoms with Crippen LogP contribution in [0.4, 0.5) is 0 Å². The zero-order valence-corrected chi connectivity index (χ0v) is 14.8. The van der Waals surface area contributed by atoms with E-state index in [9.17, 15) is 18.0 Å². The molecule has 2 atom stereocenters. The SMILES string of the molecule is COCCCCCC(=O)N1CCN(CC(=O)O)[C@@H]2CS(=O)(=O)C[C@@H]21. The van der Waals surface area contributed by atoms with Gasteiger partial charge in [-0.15, -0.1) is 0 Å². The number of rotatable bonds is 8. The van der Waals surface area contributed by atoms with Crippen molar-refractivity contribution in [3.63, 3.8) is 0 Å². The number of unbranched alkanes of at least 4 members (excludes halogenated alkanes) is 2. The molecule has 1 N–H and O–H groups in total. The molecule has 24 heavy (non-hydrogen) atoms. The van der Waals surface area contributed by atoms with E-state index in [0.717, 1.165) is 19.3 Å². The minimum Gasteiger partial charge on any atom is -0.480 e. The molecule has 1 amide bonds. The molecule has 2 rings (SSSR count). The van der Waals surface area contributed by atoms with Gasteiger partial charge in [0, 0.05) is 39.3 Å². The Hall–Kier alpha value is -1.19. The molecule has 2 saturated heterocycles. The Morgan fingerprint density at radius 2 is 1.83 bits per heavy atom. The maximum atomic E-state index is 12.5. The van der Waals surface area contributed by atoms with Crippen LogP contribution < -0.4 is 0 Å². The number of carbonyl (C=O) groups excluding carboxylic acids is 1. The number of piperazine rings is 1. The highest BCUT2D eigenvalue weighted by atomic mass is 32.2. The highest BCUT2D eigenvalue weighted by molar-refractivity contribution is 7.91. The van der Waals surface area contributed by atoms with Gasteiger partial charge < -0.3 is 14.7 Å². The smallest absolute Gasteiger partial charge is 0.317 e. The van der Waals surface area contributed by atoms with Gasteiger partial charge in [-0.05, 0) is 12.8 Å². The van der Waals surface area contributed by atoms with Gasteiger partial charge in [0.1, 0.15) is 0 Å². The lowest BCUT2D eigenvalue weighted by Crippen LogP contribution is -2.61. The Kier molecular flexibility index (Phi) is 6.59. The number of fused-ring (bicyclic) bond motifs is 1. The normalized spacial score (nSPS) is 26.3. The second kappa shape index (κ2) is 8.26. The molecule has 0 bridgehead atoms. The monoisotopic (exact) mass is 362 g/mol. The first-order valence-corrected chi connectivity index (χ1v) is 10.1. The predicted octanol–water partition coefficient (Wildman–Crippen LogP) is -0.412. The number of hydrogen-bond acceptors (Lipinski definition) is 6. The molecule has 0 aromatic carbocycles. The van der Waals surface area contributed by atoms with Crippen molar-refractivity contribution >= 4 is 21.7 Å². The summed E-state index contributed by atoms with van der Waals surface area (Å²) in [7, 11) is -1.60. The van der Waals surface area contributed by atoms with E-state index < -0.39 is 27.9 Å². The molecule has 0 spiro atoms. The van der Waals surface area contributed by atoms with E-state index in [1.54, 1.807) is 16.9 Å². The second-order valence-electron chi connectivity index (χ2n) is 6.47. The van der Waals surface area contributed by atoms with Crippen LogP contribution in [0.25, 0.3) is 0 Å². The van der Waals surface area contributed by atoms with Crippen molar-refractivity contribution < 1.29 is 27.9 Å². The molecule has 0 aromatic heterocycles. The number of carbonyl (C=O) groups is 2. The van der Waals surface area contributed by atoms with Crippen LogP contribution in [-0.4, -0.2) is 92.1 Å². The standard InChI is InChI=1S/C15H26N2O6S/c1-23-8-4-2-3-5-14(18)17-7-6-16(9-15(19)20)12-10-24(21,22)11-13(12)17/h12-13H,2-11H2,1H3,(H,19,20)/t12-,13+/m1/s1. The Bertz CT molecular complexity index is 564. The highest BCUT2D eigenvalue weighted by Gasteiger charge is 2.48. The maximum absolute atomic E-state index is 12.5. The third kappa shape index (κ3) is 4.90. The third-order valence-electron chi connectivity index (χ3n) is 4.69. The summed E-state index contributed by atoms with van der Waals surface area (Å²) < 4.78 is 29.0. The number of sulfone groups is 1. The second-order valence-corrected chi connectivity index (χ2v) is 8.62. The summed E-state index contributed by atoms with van der Waals surface area (Å²) in [6, 6.07) is -0.827. The zero-order valence-electron chi connectivity index (χ0n) is 14.0. The maximum Gasteiger partial charge on any atom is 0.317 e. The van der Waals surface area contributed by atoms with Crippen LogP contribution in [0.5, 0.6) is 0 Å². The number of aliphatic carboxylic acids is 1. The summed E-state index contributed by atoms with van der Waals surface area (Å²) in [4.78, 5) is 26.8. The van der Waals surface area contributed by atoms with E-state index in [0.29, 0.717) is 26.1 Å². The Balaban J connectivity index is 1.96. The molecule has 0 aromatic rings. The van der Waals surface area contributed by atoms with E-state index in [2.05, 4.69) is 0 Å². The minimum absolute atomic E-state index is 0.0329. The number of amides is 1. The van der Waals surface area contributed by atoms with Crippen molar-refractivity contribution in [3.05, 3.63) is 0 Å². The van der Waals surface area contributed by atoms with Crippen LogP contribution in [0, 0.1) is 0 Å². The molecule has 8 nitrogen and oxygen atoms in total. The lowest BCUT2D eigenvalue weighted by molar-refractivity contribution is -0.142. The van der Waals surface area contributed by atoms with Gasteiger partial charge >= 0.3 is 5.97 Å². The molecule has 2 aliphatic heterocycles. The summed E-state index contributed by atoms with van der Waals surface area (Å²) >= 11 is 0. The topological polar surface area (TPSA) is 104 Å². The summed E-state index contributed by atoms with van der Waals surface area (Å²) in [6.07, 6.45) is 2.94. The average Bonchev–Trinajstić information content (AvgIpc) is 2.82. The Morgan fingerprint density at radius 3 is 2.50 bits per heavy atom. The van der Waals surface area contributed by atoms with E-state index in [-0.39, 0.29) is 24.0 Å². The Labute approximate surface area is 142 Å². The van der Waals surface area contributed by atoms with Gasteiger partial charge in [0.05, 0.1) is 24.1 Å². The summed E-state index contributed by atoms with van der Waals surface area (Å²) in [5.41, 5.74) is 0. The van der Waals surface area contributed by atoms with Crippen molar-refractivity contribution in [1.82, 2.24) is 9.80 Å². The molecular formula is C15H26N2O6S. The molecule has 0 saturated carbocycles. The van der Waals surface area contributed by atoms with Crippen LogP contribution >= 0.6 is 0 Å². The van der Waals surface area contributed by atoms with Gasteiger partial charge in [0.25, 0.3) is 0 Å². The van der Waals surface area contributed by atoms with Gasteiger partial charge in [-0.3, -0.25) is 14.5 Å². The van der Waals surface area contributed by atoms with Crippen LogP contribution in [0.1, 0.15) is 25.7 Å². The molecule has 138 valence electrons. The van der Waals surface area contributed by atoms with E-state index in [1.807, 2.05) is 0 Å². The average molecular weight is 362 g/mol. The number of carboxylic acids is 1. The fourth-order valence-corrected chi connectivity index (χ4v) is 5.56. The van der Waals surface area contributed by atoms with E-state index in [1.165, 1.54) is 0 Å². The molecule has 2 aliphatic rings. The van der Waals surface area contributed by atoms with Crippen LogP contribution in [-0.2, 0) is 24.2 Å². The van der Waals surface area contributed by atoms with Crippen molar-refractivity contribution in [1.29, 1.82) is 0 Å². The largest absolute Gasteiger partial charge is 0.480 e. The number of methoxy groups -OCH3 is 1. The molecule has 0 unspecified atom stereocenters. The van der Waals surface area contributed by atoms with Gasteiger partial charge in [0.15, 0.2) is 9.84 Å².